The van der Waals surface area contributed by atoms with Crippen LogP contribution in [0.15, 0.2) is 24.3 Å². The zero-order valence-electron chi connectivity index (χ0n) is 8.64. The summed E-state index contributed by atoms with van der Waals surface area (Å²) in [5, 5.41) is 8.30. The van der Waals surface area contributed by atoms with Crippen molar-refractivity contribution in [3.8, 4) is 6.07 Å². The number of benzene rings is 1. The van der Waals surface area contributed by atoms with Gasteiger partial charge in [0.25, 0.3) is 0 Å². The number of sulfonamides is 1. The van der Waals surface area contributed by atoms with Gasteiger partial charge in [-0.25, -0.2) is 17.5 Å². The van der Waals surface area contributed by atoms with E-state index in [1.165, 1.54) is 24.3 Å². The molecule has 1 atom stereocenters. The summed E-state index contributed by atoms with van der Waals surface area (Å²) in [5.74, 6) is -0.964. The van der Waals surface area contributed by atoms with Gasteiger partial charge >= 0.3 is 0 Å². The average Bonchev–Trinajstić information content (AvgIpc) is 2.17. The summed E-state index contributed by atoms with van der Waals surface area (Å²) in [5.41, 5.74) is 0.642. The van der Waals surface area contributed by atoms with Crippen molar-refractivity contribution >= 4 is 10.0 Å². The molecular weight excluding hydrogens is 231 g/mol. The molecule has 0 aliphatic heterocycles. The monoisotopic (exact) mass is 242 g/mol. The van der Waals surface area contributed by atoms with Gasteiger partial charge in [0.15, 0.2) is 5.75 Å². The molecule has 16 heavy (non-hydrogen) atoms. The normalized spacial score (nSPS) is 13.1. The third-order valence-corrected chi connectivity index (χ3v) is 3.20. The second kappa shape index (κ2) is 5.05. The van der Waals surface area contributed by atoms with Gasteiger partial charge in [-0.1, -0.05) is 12.1 Å². The van der Waals surface area contributed by atoms with Crippen LogP contribution < -0.4 is 4.72 Å². The molecule has 0 saturated heterocycles. The fourth-order valence-corrected chi connectivity index (χ4v) is 2.14. The maximum absolute atomic E-state index is 12.6. The van der Waals surface area contributed by atoms with Gasteiger partial charge in [-0.2, -0.15) is 5.26 Å². The number of hydrogen-bond acceptors (Lipinski definition) is 3. The lowest BCUT2D eigenvalue weighted by atomic mass is 10.1. The second-order valence-corrected chi connectivity index (χ2v) is 5.06. The number of nitrogens with one attached hydrogen (secondary N) is 1. The molecule has 0 spiro atoms. The minimum absolute atomic E-state index is 0.379. The second-order valence-electron chi connectivity index (χ2n) is 3.31. The van der Waals surface area contributed by atoms with E-state index in [1.54, 1.807) is 13.0 Å². The first-order valence-corrected chi connectivity index (χ1v) is 6.22. The van der Waals surface area contributed by atoms with Crippen molar-refractivity contribution in [2.24, 2.45) is 0 Å². The molecule has 0 radical (unpaired) electrons. The van der Waals surface area contributed by atoms with Crippen molar-refractivity contribution in [1.29, 1.82) is 5.26 Å². The highest BCUT2D eigenvalue weighted by Crippen LogP contribution is 2.13. The molecule has 1 aromatic rings. The van der Waals surface area contributed by atoms with E-state index in [9.17, 15) is 12.8 Å². The molecule has 0 aliphatic carbocycles. The Kier molecular flexibility index (Phi) is 3.99. The largest absolute Gasteiger partial charge is 0.225 e. The Morgan fingerprint density at radius 3 is 2.50 bits per heavy atom. The van der Waals surface area contributed by atoms with Crippen molar-refractivity contribution < 1.29 is 12.8 Å². The molecule has 1 unspecified atom stereocenters. The van der Waals surface area contributed by atoms with Gasteiger partial charge in [0, 0.05) is 6.04 Å². The van der Waals surface area contributed by atoms with E-state index in [4.69, 9.17) is 5.26 Å². The molecule has 0 fully saturated rings. The molecule has 6 heteroatoms. The van der Waals surface area contributed by atoms with Crippen LogP contribution in [-0.4, -0.2) is 14.2 Å². The number of nitrogens with zero attached hydrogens (tertiary/aromatic N) is 1. The van der Waals surface area contributed by atoms with E-state index in [0.717, 1.165) is 0 Å². The minimum Gasteiger partial charge on any atom is -0.211 e. The molecule has 86 valence electrons. The van der Waals surface area contributed by atoms with Gasteiger partial charge in [0.2, 0.25) is 10.0 Å². The quantitative estimate of drug-likeness (QED) is 0.865. The topological polar surface area (TPSA) is 70.0 Å². The Hall–Kier alpha value is -1.45. The molecule has 0 heterocycles. The van der Waals surface area contributed by atoms with Crippen LogP contribution in [0.2, 0.25) is 0 Å². The Morgan fingerprint density at radius 2 is 2.00 bits per heavy atom. The molecule has 0 aromatic heterocycles. The maximum atomic E-state index is 12.6. The molecule has 0 aliphatic rings. The third-order valence-electron chi connectivity index (χ3n) is 1.98. The maximum Gasteiger partial charge on any atom is 0.225 e. The zero-order valence-corrected chi connectivity index (χ0v) is 9.46. The summed E-state index contributed by atoms with van der Waals surface area (Å²) in [6, 6.07) is 6.58. The SMILES string of the molecule is CC(NS(=O)(=O)CC#N)c1ccc(F)cc1. The fraction of sp³-hybridized carbons (Fsp3) is 0.300. The van der Waals surface area contributed by atoms with Crippen LogP contribution in [0, 0.1) is 17.1 Å². The first-order valence-electron chi connectivity index (χ1n) is 4.57. The summed E-state index contributed by atoms with van der Waals surface area (Å²) in [4.78, 5) is 0. The predicted octanol–water partition coefficient (Wildman–Crippen LogP) is 1.33. The van der Waals surface area contributed by atoms with E-state index in [2.05, 4.69) is 4.72 Å². The van der Waals surface area contributed by atoms with E-state index in [1.807, 2.05) is 0 Å². The Labute approximate surface area is 93.8 Å². The van der Waals surface area contributed by atoms with Crippen LogP contribution in [0.25, 0.3) is 0 Å². The Bertz CT molecular complexity index is 491. The van der Waals surface area contributed by atoms with Crippen LogP contribution in [0.4, 0.5) is 4.39 Å². The zero-order chi connectivity index (χ0) is 12.2. The van der Waals surface area contributed by atoms with Crippen LogP contribution in [0.3, 0.4) is 0 Å². The minimum atomic E-state index is -3.59. The lowest BCUT2D eigenvalue weighted by Gasteiger charge is -2.12. The first kappa shape index (κ1) is 12.6. The van der Waals surface area contributed by atoms with Gasteiger partial charge in [0.05, 0.1) is 6.07 Å². The standard InChI is InChI=1S/C10H11FN2O2S/c1-8(13-16(14,15)7-6-12)9-2-4-10(11)5-3-9/h2-5,8,13H,7H2,1H3. The molecule has 4 nitrogen and oxygen atoms in total. The summed E-state index contributed by atoms with van der Waals surface area (Å²) in [7, 11) is -3.59. The van der Waals surface area contributed by atoms with Crippen molar-refractivity contribution in [2.75, 3.05) is 5.75 Å². The lowest BCUT2D eigenvalue weighted by molar-refractivity contribution is 0.570. The highest BCUT2D eigenvalue weighted by molar-refractivity contribution is 7.89. The van der Waals surface area contributed by atoms with Crippen LogP contribution in [0.1, 0.15) is 18.5 Å². The lowest BCUT2D eigenvalue weighted by Crippen LogP contribution is -2.28. The first-order chi connectivity index (χ1) is 7.44. The van der Waals surface area contributed by atoms with Gasteiger partial charge in [-0.3, -0.25) is 0 Å². The Balaban J connectivity index is 2.77. The van der Waals surface area contributed by atoms with Crippen LogP contribution in [-0.2, 0) is 10.0 Å². The van der Waals surface area contributed by atoms with Gasteiger partial charge in [-0.15, -0.1) is 0 Å². The summed E-state index contributed by atoms with van der Waals surface area (Å²) < 4.78 is 37.5. The van der Waals surface area contributed by atoms with Gasteiger partial charge in [-0.05, 0) is 24.6 Å². The molecule has 1 rings (SSSR count). The van der Waals surface area contributed by atoms with E-state index >= 15 is 0 Å². The smallest absolute Gasteiger partial charge is 0.211 e. The molecule has 1 N–H and O–H groups in total. The van der Waals surface area contributed by atoms with Crippen LogP contribution >= 0.6 is 0 Å². The molecular formula is C10H11FN2O2S. The van der Waals surface area contributed by atoms with Crippen molar-refractivity contribution in [3.63, 3.8) is 0 Å². The van der Waals surface area contributed by atoms with E-state index in [0.29, 0.717) is 5.56 Å². The van der Waals surface area contributed by atoms with E-state index < -0.39 is 21.8 Å². The number of nitriles is 1. The number of hydrogen-bond donors (Lipinski definition) is 1. The Morgan fingerprint density at radius 1 is 1.44 bits per heavy atom. The summed E-state index contributed by atoms with van der Waals surface area (Å²) >= 11 is 0. The van der Waals surface area contributed by atoms with Crippen molar-refractivity contribution in [3.05, 3.63) is 35.6 Å². The van der Waals surface area contributed by atoms with Crippen molar-refractivity contribution in [2.45, 2.75) is 13.0 Å². The van der Waals surface area contributed by atoms with Gasteiger partial charge in [0.1, 0.15) is 5.82 Å². The molecule has 0 bridgehead atoms. The predicted molar refractivity (Wildman–Crippen MR) is 57.4 cm³/mol. The number of rotatable bonds is 4. The van der Waals surface area contributed by atoms with Gasteiger partial charge < -0.3 is 0 Å². The summed E-state index contributed by atoms with van der Waals surface area (Å²) in [6.45, 7) is 1.63. The molecule has 0 amide bonds. The van der Waals surface area contributed by atoms with E-state index in [-0.39, 0.29) is 5.82 Å². The highest BCUT2D eigenvalue weighted by Gasteiger charge is 2.15. The summed E-state index contributed by atoms with van der Waals surface area (Å²) in [6.07, 6.45) is 0. The number of halogens is 1. The molecule has 1 aromatic carbocycles. The van der Waals surface area contributed by atoms with Crippen molar-refractivity contribution in [1.82, 2.24) is 4.72 Å². The molecule has 0 saturated carbocycles. The average molecular weight is 242 g/mol. The fourth-order valence-electron chi connectivity index (χ4n) is 1.22. The highest BCUT2D eigenvalue weighted by atomic mass is 32.2. The van der Waals surface area contributed by atoms with Crippen LogP contribution in [0.5, 0.6) is 0 Å². The third kappa shape index (κ3) is 3.61.